The van der Waals surface area contributed by atoms with Crippen molar-refractivity contribution in [2.75, 3.05) is 6.66 Å². The van der Waals surface area contributed by atoms with Crippen molar-refractivity contribution in [3.05, 3.63) is 0 Å². The Balaban J connectivity index is 3.26. The van der Waals surface area contributed by atoms with Crippen molar-refractivity contribution in [2.24, 2.45) is 0 Å². The third kappa shape index (κ3) is 3.02. The molecule has 0 N–H and O–H groups in total. The Hall–Kier alpha value is 0.810. The van der Waals surface area contributed by atoms with E-state index in [1.165, 1.54) is 6.66 Å². The second-order valence-electron chi connectivity index (χ2n) is 0.911. The molecule has 0 aromatic rings. The smallest absolute Gasteiger partial charge is 0.157 e. The molecule has 1 nitrogen and oxygen atoms in total. The number of hydrogen-bond acceptors (Lipinski definition) is 1. The van der Waals surface area contributed by atoms with Crippen LogP contribution in [0, 0.1) is 0 Å². The highest BCUT2D eigenvalue weighted by atomic mass is 35.5. The van der Waals surface area contributed by atoms with Gasteiger partial charge in [0.05, 0.1) is 0 Å². The van der Waals surface area contributed by atoms with Gasteiger partial charge in [-0.05, 0) is 6.66 Å². The van der Waals surface area contributed by atoms with Crippen LogP contribution < -0.4 is 0 Å². The quantitative estimate of drug-likeness (QED) is 0.409. The highest BCUT2D eigenvalue weighted by molar-refractivity contribution is 7.49. The van der Waals surface area contributed by atoms with E-state index in [1.807, 2.05) is 0 Å². The van der Waals surface area contributed by atoms with Crippen molar-refractivity contribution in [1.29, 1.82) is 0 Å². The molecule has 0 saturated heterocycles. The first-order valence-electron chi connectivity index (χ1n) is 1.43. The van der Waals surface area contributed by atoms with Crippen molar-refractivity contribution in [3.8, 4) is 0 Å². The van der Waals surface area contributed by atoms with Gasteiger partial charge in [-0.3, -0.25) is 0 Å². The van der Waals surface area contributed by atoms with Gasteiger partial charge in [-0.25, -0.2) is 0 Å². The minimum atomic E-state index is -1.67. The number of hydrogen-bond donors (Lipinski definition) is 0. The monoisotopic (exact) mass is 146 g/mol. The lowest BCUT2D eigenvalue weighted by molar-refractivity contribution is 0.592. The molecule has 0 rings (SSSR count). The Bertz CT molecular complexity index is 62.6. The summed E-state index contributed by atoms with van der Waals surface area (Å²) in [5, 5.41) is 0. The highest BCUT2D eigenvalue weighted by Crippen LogP contribution is 2.29. The van der Waals surface area contributed by atoms with Crippen LogP contribution in [0.2, 0.25) is 0 Å². The average Bonchev–Trinajstić information content (AvgIpc) is 1.36. The van der Waals surface area contributed by atoms with Crippen LogP contribution in [-0.4, -0.2) is 11.2 Å². The normalized spacial score (nSPS) is 15.3. The molecule has 0 spiro atoms. The molecule has 0 heterocycles. The molecule has 0 aliphatic carbocycles. The summed E-state index contributed by atoms with van der Waals surface area (Å²) in [5.74, 6) is 0. The van der Waals surface area contributed by atoms with Gasteiger partial charge in [0.1, 0.15) is 7.80 Å². The summed E-state index contributed by atoms with van der Waals surface area (Å²) in [4.78, 5) is 0. The average molecular weight is 147 g/mol. The van der Waals surface area contributed by atoms with Gasteiger partial charge in [0.15, 0.2) is 4.58 Å². The summed E-state index contributed by atoms with van der Waals surface area (Å²) >= 11 is 10.2. The molecule has 1 atom stereocenters. The molecule has 0 saturated carbocycles. The number of rotatable bonds is 1. The SMILES string of the molecule is C[PH](=O)C(Cl)Cl. The van der Waals surface area contributed by atoms with E-state index in [2.05, 4.69) is 0 Å². The van der Waals surface area contributed by atoms with E-state index in [4.69, 9.17) is 23.2 Å². The summed E-state index contributed by atoms with van der Waals surface area (Å²) < 4.78 is 9.41. The van der Waals surface area contributed by atoms with Gasteiger partial charge in [0.2, 0.25) is 0 Å². The largest absolute Gasteiger partial charge is 0.324 e. The van der Waals surface area contributed by atoms with Crippen molar-refractivity contribution >= 4 is 31.0 Å². The summed E-state index contributed by atoms with van der Waals surface area (Å²) in [5.41, 5.74) is 0. The van der Waals surface area contributed by atoms with Gasteiger partial charge in [0.25, 0.3) is 0 Å². The van der Waals surface area contributed by atoms with E-state index < -0.39 is 12.4 Å². The molecule has 6 heavy (non-hydrogen) atoms. The summed E-state index contributed by atoms with van der Waals surface area (Å²) in [6.45, 7) is 1.52. The predicted octanol–water partition coefficient (Wildman–Crippen LogP) is 1.94. The van der Waals surface area contributed by atoms with E-state index in [0.29, 0.717) is 0 Å². The summed E-state index contributed by atoms with van der Waals surface area (Å²) in [6.07, 6.45) is 0. The minimum absolute atomic E-state index is 0.657. The predicted molar refractivity (Wildman–Crippen MR) is 30.4 cm³/mol. The lowest BCUT2D eigenvalue weighted by Crippen LogP contribution is -1.69. The molecule has 0 aromatic carbocycles. The maximum atomic E-state index is 10.1. The van der Waals surface area contributed by atoms with Gasteiger partial charge in [-0.15, -0.1) is 0 Å². The molecule has 0 bridgehead atoms. The molecule has 0 aliphatic heterocycles. The maximum absolute atomic E-state index is 10.1. The van der Waals surface area contributed by atoms with Crippen molar-refractivity contribution in [1.82, 2.24) is 0 Å². The highest BCUT2D eigenvalue weighted by Gasteiger charge is 1.98. The standard InChI is InChI=1S/C2H5Cl2OP/c1-6(5)2(3)4/h2,6H,1H3. The molecule has 0 radical (unpaired) electrons. The lowest BCUT2D eigenvalue weighted by Gasteiger charge is -1.87. The Labute approximate surface area is 47.4 Å². The maximum Gasteiger partial charge on any atom is 0.157 e. The fraction of sp³-hybridized carbons (Fsp3) is 1.00. The first kappa shape index (κ1) is 6.81. The van der Waals surface area contributed by atoms with Crippen LogP contribution in [0.5, 0.6) is 0 Å². The van der Waals surface area contributed by atoms with Crippen molar-refractivity contribution in [2.45, 2.75) is 4.58 Å². The van der Waals surface area contributed by atoms with E-state index in [0.717, 1.165) is 0 Å². The molecule has 0 amide bonds. The topological polar surface area (TPSA) is 17.1 Å². The zero-order valence-corrected chi connectivity index (χ0v) is 5.75. The van der Waals surface area contributed by atoms with Crippen LogP contribution in [0.15, 0.2) is 0 Å². The van der Waals surface area contributed by atoms with E-state index >= 15 is 0 Å². The molecule has 0 aromatic heterocycles. The van der Waals surface area contributed by atoms with Crippen molar-refractivity contribution < 1.29 is 4.57 Å². The Morgan fingerprint density at radius 3 is 1.83 bits per heavy atom. The first-order chi connectivity index (χ1) is 2.64. The molecule has 0 fully saturated rings. The Morgan fingerprint density at radius 2 is 1.83 bits per heavy atom. The number of alkyl halides is 2. The molecule has 0 aliphatic rings. The first-order valence-corrected chi connectivity index (χ1v) is 4.29. The van der Waals surface area contributed by atoms with E-state index in [-0.39, 0.29) is 0 Å². The van der Waals surface area contributed by atoms with Gasteiger partial charge in [-0.2, -0.15) is 0 Å². The zero-order valence-electron chi connectivity index (χ0n) is 3.24. The molecular formula is C2H5Cl2OP. The summed E-state index contributed by atoms with van der Waals surface area (Å²) in [6, 6.07) is 0. The van der Waals surface area contributed by atoms with Gasteiger partial charge < -0.3 is 4.57 Å². The van der Waals surface area contributed by atoms with Gasteiger partial charge in [0, 0.05) is 0 Å². The van der Waals surface area contributed by atoms with Crippen LogP contribution in [0.1, 0.15) is 0 Å². The van der Waals surface area contributed by atoms with Crippen LogP contribution >= 0.6 is 31.0 Å². The molecular weight excluding hydrogens is 142 g/mol. The van der Waals surface area contributed by atoms with Crippen LogP contribution in [0.25, 0.3) is 0 Å². The molecule has 38 valence electrons. The van der Waals surface area contributed by atoms with Crippen LogP contribution in [0.4, 0.5) is 0 Å². The van der Waals surface area contributed by atoms with E-state index in [1.54, 1.807) is 0 Å². The molecule has 1 unspecified atom stereocenters. The summed E-state index contributed by atoms with van der Waals surface area (Å²) in [7, 11) is -1.67. The zero-order chi connectivity index (χ0) is 5.15. The third-order valence-electron chi connectivity index (χ3n) is 0.307. The second kappa shape index (κ2) is 2.90. The van der Waals surface area contributed by atoms with Crippen LogP contribution in [-0.2, 0) is 4.57 Å². The third-order valence-corrected chi connectivity index (χ3v) is 2.77. The Kier molecular flexibility index (Phi) is 3.29. The van der Waals surface area contributed by atoms with Crippen molar-refractivity contribution in [3.63, 3.8) is 0 Å². The fourth-order valence-corrected chi connectivity index (χ4v) is 0. The lowest BCUT2D eigenvalue weighted by atomic mass is 11.8. The van der Waals surface area contributed by atoms with Gasteiger partial charge >= 0.3 is 0 Å². The fourth-order valence-electron chi connectivity index (χ4n) is 0. The van der Waals surface area contributed by atoms with Gasteiger partial charge in [-0.1, -0.05) is 23.2 Å². The van der Waals surface area contributed by atoms with Crippen LogP contribution in [0.3, 0.4) is 0 Å². The molecule has 4 heteroatoms. The van der Waals surface area contributed by atoms with E-state index in [9.17, 15) is 4.57 Å². The minimum Gasteiger partial charge on any atom is -0.324 e. The second-order valence-corrected chi connectivity index (χ2v) is 4.54. The number of halogens is 2. The Morgan fingerprint density at radius 1 is 1.67 bits per heavy atom.